The summed E-state index contributed by atoms with van der Waals surface area (Å²) in [5, 5.41) is 12.6. The number of carbonyl (C=O) groups is 1. The molecule has 31 heavy (non-hydrogen) atoms. The highest BCUT2D eigenvalue weighted by atomic mass is 35.5. The number of aryl methyl sites for hydroxylation is 3. The summed E-state index contributed by atoms with van der Waals surface area (Å²) in [4.78, 5) is 17.1. The summed E-state index contributed by atoms with van der Waals surface area (Å²) < 4.78 is 12.8. The lowest BCUT2D eigenvalue weighted by Crippen LogP contribution is -2.14. The molecule has 0 bridgehead atoms. The van der Waals surface area contributed by atoms with E-state index in [9.17, 15) is 4.79 Å². The molecule has 4 rings (SSSR count). The third-order valence-electron chi connectivity index (χ3n) is 4.62. The van der Waals surface area contributed by atoms with Gasteiger partial charge < -0.3 is 9.15 Å². The van der Waals surface area contributed by atoms with Gasteiger partial charge in [0.15, 0.2) is 17.6 Å². The third kappa shape index (κ3) is 4.34. The third-order valence-corrected chi connectivity index (χ3v) is 4.93. The summed E-state index contributed by atoms with van der Waals surface area (Å²) in [5.41, 5.74) is 3.61. The van der Waals surface area contributed by atoms with Crippen molar-refractivity contribution in [1.29, 1.82) is 0 Å². The molecule has 0 amide bonds. The van der Waals surface area contributed by atoms with Crippen LogP contribution in [0.1, 0.15) is 46.4 Å². The zero-order valence-corrected chi connectivity index (χ0v) is 18.2. The molecular weight excluding hydrogens is 418 g/mol. The maximum atomic E-state index is 12.7. The van der Waals surface area contributed by atoms with Crippen molar-refractivity contribution in [3.63, 3.8) is 0 Å². The summed E-state index contributed by atoms with van der Waals surface area (Å²) in [7, 11) is 0. The standard InChI is InChI=1S/C22H20ClN5O3/c1-12-5-7-16(8-6-12)21-26-25-20(31-21)15(4)30-22(29)19-17(23)9-10-18(24-19)28-14(3)11-13(2)27-28/h5-11,15H,1-4H3. The summed E-state index contributed by atoms with van der Waals surface area (Å²) in [6.07, 6.45) is -0.783. The van der Waals surface area contributed by atoms with E-state index < -0.39 is 12.1 Å². The number of pyridine rings is 1. The monoisotopic (exact) mass is 437 g/mol. The van der Waals surface area contributed by atoms with Crippen LogP contribution in [0, 0.1) is 20.8 Å². The van der Waals surface area contributed by atoms with Crippen LogP contribution in [-0.4, -0.2) is 30.9 Å². The van der Waals surface area contributed by atoms with Gasteiger partial charge in [-0.1, -0.05) is 29.3 Å². The van der Waals surface area contributed by atoms with E-state index >= 15 is 0 Å². The molecule has 8 nitrogen and oxygen atoms in total. The van der Waals surface area contributed by atoms with E-state index in [1.165, 1.54) is 0 Å². The van der Waals surface area contributed by atoms with Crippen LogP contribution in [0.4, 0.5) is 0 Å². The smallest absolute Gasteiger partial charge is 0.359 e. The largest absolute Gasteiger partial charge is 0.448 e. The van der Waals surface area contributed by atoms with Gasteiger partial charge in [-0.2, -0.15) is 5.10 Å². The number of aromatic nitrogens is 5. The number of esters is 1. The molecule has 9 heteroatoms. The summed E-state index contributed by atoms with van der Waals surface area (Å²) >= 11 is 6.21. The molecule has 1 unspecified atom stereocenters. The van der Waals surface area contributed by atoms with Gasteiger partial charge in [-0.15, -0.1) is 10.2 Å². The van der Waals surface area contributed by atoms with Crippen molar-refractivity contribution < 1.29 is 13.9 Å². The van der Waals surface area contributed by atoms with Crippen molar-refractivity contribution in [1.82, 2.24) is 25.0 Å². The molecule has 3 heterocycles. The molecule has 4 aromatic rings. The highest BCUT2D eigenvalue weighted by Crippen LogP contribution is 2.25. The lowest BCUT2D eigenvalue weighted by atomic mass is 10.1. The summed E-state index contributed by atoms with van der Waals surface area (Å²) in [5.74, 6) is 0.292. The molecule has 0 aliphatic carbocycles. The maximum absolute atomic E-state index is 12.7. The van der Waals surface area contributed by atoms with Gasteiger partial charge in [-0.05, 0) is 58.0 Å². The Bertz CT molecular complexity index is 1250. The SMILES string of the molecule is Cc1ccc(-c2nnc(C(C)OC(=O)c3nc(-n4nc(C)cc4C)ccc3Cl)o2)cc1. The molecule has 1 aromatic carbocycles. The fourth-order valence-corrected chi connectivity index (χ4v) is 3.21. The number of benzene rings is 1. The predicted octanol–water partition coefficient (Wildman–Crippen LogP) is 4.81. The van der Waals surface area contributed by atoms with Crippen molar-refractivity contribution in [3.8, 4) is 17.3 Å². The molecule has 0 fully saturated rings. The van der Waals surface area contributed by atoms with Crippen LogP contribution in [0.25, 0.3) is 17.3 Å². The number of hydrogen-bond donors (Lipinski definition) is 0. The van der Waals surface area contributed by atoms with E-state index in [-0.39, 0.29) is 16.6 Å². The van der Waals surface area contributed by atoms with Gasteiger partial charge in [0.2, 0.25) is 5.89 Å². The number of nitrogens with zero attached hydrogens (tertiary/aromatic N) is 5. The molecule has 0 aliphatic rings. The van der Waals surface area contributed by atoms with Crippen LogP contribution in [0.5, 0.6) is 0 Å². The molecule has 0 saturated carbocycles. The van der Waals surface area contributed by atoms with E-state index in [2.05, 4.69) is 20.3 Å². The van der Waals surface area contributed by atoms with Gasteiger partial charge in [0.25, 0.3) is 5.89 Å². The average molecular weight is 438 g/mol. The van der Waals surface area contributed by atoms with E-state index in [4.69, 9.17) is 20.8 Å². The van der Waals surface area contributed by atoms with E-state index in [1.54, 1.807) is 23.7 Å². The Morgan fingerprint density at radius 1 is 1.10 bits per heavy atom. The topological polar surface area (TPSA) is 95.9 Å². The molecule has 0 N–H and O–H groups in total. The molecule has 0 radical (unpaired) electrons. The molecule has 0 saturated heterocycles. The highest BCUT2D eigenvalue weighted by molar-refractivity contribution is 6.33. The van der Waals surface area contributed by atoms with Gasteiger partial charge in [0.1, 0.15) is 0 Å². The minimum absolute atomic E-state index is 0.0168. The summed E-state index contributed by atoms with van der Waals surface area (Å²) in [6.45, 7) is 7.42. The number of ether oxygens (including phenoxy) is 1. The van der Waals surface area contributed by atoms with Crippen LogP contribution in [0.3, 0.4) is 0 Å². The first kappa shape index (κ1) is 20.7. The first-order chi connectivity index (χ1) is 14.8. The van der Waals surface area contributed by atoms with Crippen LogP contribution in [0.2, 0.25) is 5.02 Å². The fraction of sp³-hybridized carbons (Fsp3) is 0.227. The second kappa shape index (κ2) is 8.31. The van der Waals surface area contributed by atoms with Crippen molar-refractivity contribution in [2.24, 2.45) is 0 Å². The molecule has 1 atom stereocenters. The Hall–Kier alpha value is -3.52. The number of carbonyl (C=O) groups excluding carboxylic acids is 1. The number of hydrogen-bond acceptors (Lipinski definition) is 7. The van der Waals surface area contributed by atoms with Gasteiger partial charge in [-0.3, -0.25) is 0 Å². The fourth-order valence-electron chi connectivity index (χ4n) is 3.03. The minimum Gasteiger partial charge on any atom is -0.448 e. The maximum Gasteiger partial charge on any atom is 0.359 e. The summed E-state index contributed by atoms with van der Waals surface area (Å²) in [6, 6.07) is 12.9. The predicted molar refractivity (Wildman–Crippen MR) is 114 cm³/mol. The molecule has 158 valence electrons. The lowest BCUT2D eigenvalue weighted by Gasteiger charge is -2.11. The Kier molecular flexibility index (Phi) is 5.56. The van der Waals surface area contributed by atoms with Gasteiger partial charge in [-0.25, -0.2) is 14.5 Å². The lowest BCUT2D eigenvalue weighted by molar-refractivity contribution is 0.0273. The van der Waals surface area contributed by atoms with E-state index in [0.717, 1.165) is 22.5 Å². The first-order valence-corrected chi connectivity index (χ1v) is 10.0. The Morgan fingerprint density at radius 2 is 1.84 bits per heavy atom. The average Bonchev–Trinajstić information content (AvgIpc) is 3.35. The minimum atomic E-state index is -0.783. The van der Waals surface area contributed by atoms with Crippen molar-refractivity contribution >= 4 is 17.6 Å². The molecular formula is C22H20ClN5O3. The number of halogens is 1. The van der Waals surface area contributed by atoms with Crippen LogP contribution in [-0.2, 0) is 4.74 Å². The van der Waals surface area contributed by atoms with Crippen LogP contribution in [0.15, 0.2) is 46.9 Å². The van der Waals surface area contributed by atoms with Crippen molar-refractivity contribution in [2.75, 3.05) is 0 Å². The van der Waals surface area contributed by atoms with Gasteiger partial charge in [0, 0.05) is 11.3 Å². The molecule has 0 spiro atoms. The Morgan fingerprint density at radius 3 is 2.52 bits per heavy atom. The Balaban J connectivity index is 1.54. The zero-order chi connectivity index (χ0) is 22.1. The quantitative estimate of drug-likeness (QED) is 0.413. The first-order valence-electron chi connectivity index (χ1n) is 9.63. The van der Waals surface area contributed by atoms with Crippen LogP contribution < -0.4 is 0 Å². The van der Waals surface area contributed by atoms with E-state index in [0.29, 0.717) is 11.7 Å². The molecule has 0 aliphatic heterocycles. The highest BCUT2D eigenvalue weighted by Gasteiger charge is 2.23. The second-order valence-corrected chi connectivity index (χ2v) is 7.60. The zero-order valence-electron chi connectivity index (χ0n) is 17.5. The second-order valence-electron chi connectivity index (χ2n) is 7.20. The van der Waals surface area contributed by atoms with Gasteiger partial charge in [0.05, 0.1) is 10.7 Å². The van der Waals surface area contributed by atoms with Crippen molar-refractivity contribution in [3.05, 3.63) is 76.0 Å². The van der Waals surface area contributed by atoms with E-state index in [1.807, 2.05) is 51.1 Å². The Labute approximate surface area is 183 Å². The normalized spacial score (nSPS) is 12.0. The molecule has 3 aromatic heterocycles. The van der Waals surface area contributed by atoms with Gasteiger partial charge >= 0.3 is 5.97 Å². The number of rotatable bonds is 5. The van der Waals surface area contributed by atoms with Crippen molar-refractivity contribution in [2.45, 2.75) is 33.8 Å². The van der Waals surface area contributed by atoms with Crippen LogP contribution >= 0.6 is 11.6 Å².